The molecule has 17 heavy (non-hydrogen) atoms. The van der Waals surface area contributed by atoms with E-state index in [0.29, 0.717) is 0 Å². The molecule has 0 heterocycles. The third-order valence-corrected chi connectivity index (χ3v) is 3.77. The highest BCUT2D eigenvalue weighted by Gasteiger charge is 2.25. The highest BCUT2D eigenvalue weighted by Crippen LogP contribution is 2.25. The number of rotatable bonds is 4. The van der Waals surface area contributed by atoms with Gasteiger partial charge in [0.05, 0.1) is 5.02 Å². The number of hydrogen-bond donors (Lipinski definition) is 2. The maximum atomic E-state index is 13.7. The fourth-order valence-corrected chi connectivity index (χ4v) is 2.55. The second-order valence-corrected chi connectivity index (χ2v) is 5.18. The Morgan fingerprint density at radius 2 is 2.12 bits per heavy atom. The van der Waals surface area contributed by atoms with Gasteiger partial charge in [0.2, 0.25) is 10.0 Å². The van der Waals surface area contributed by atoms with Crippen molar-refractivity contribution in [2.24, 2.45) is 0 Å². The van der Waals surface area contributed by atoms with Gasteiger partial charge in [-0.2, -0.15) is 0 Å². The van der Waals surface area contributed by atoms with E-state index < -0.39 is 32.3 Å². The molecule has 5 nitrogen and oxygen atoms in total. The topological polar surface area (TPSA) is 83.5 Å². The van der Waals surface area contributed by atoms with Crippen molar-refractivity contribution in [1.82, 2.24) is 4.72 Å². The van der Waals surface area contributed by atoms with Crippen LogP contribution in [0, 0.1) is 5.82 Å². The first-order valence-corrected chi connectivity index (χ1v) is 6.38. The van der Waals surface area contributed by atoms with Crippen LogP contribution < -0.4 is 4.72 Å². The van der Waals surface area contributed by atoms with Gasteiger partial charge in [-0.15, -0.1) is 0 Å². The van der Waals surface area contributed by atoms with E-state index >= 15 is 0 Å². The van der Waals surface area contributed by atoms with Crippen molar-refractivity contribution in [2.45, 2.75) is 11.8 Å². The normalized spacial score (nSPS) is 11.5. The number of benzene rings is 1. The largest absolute Gasteiger partial charge is 0.478 e. The van der Waals surface area contributed by atoms with Gasteiger partial charge in [0.1, 0.15) is 10.5 Å². The SMILES string of the molecule is CCNS(=O)(=O)c1ccc(Cl)c(C(=O)O)c1F. The van der Waals surface area contributed by atoms with Gasteiger partial charge in [-0.3, -0.25) is 0 Å². The summed E-state index contributed by atoms with van der Waals surface area (Å²) in [5.74, 6) is -2.99. The molecule has 2 N–H and O–H groups in total. The second kappa shape index (κ2) is 4.99. The van der Waals surface area contributed by atoms with Crippen molar-refractivity contribution in [3.05, 3.63) is 28.5 Å². The molecule has 0 saturated carbocycles. The van der Waals surface area contributed by atoms with Crippen LogP contribution in [0.15, 0.2) is 17.0 Å². The molecule has 0 unspecified atom stereocenters. The molecule has 0 fully saturated rings. The Kier molecular flexibility index (Phi) is 4.07. The predicted molar refractivity (Wildman–Crippen MR) is 59.2 cm³/mol. The lowest BCUT2D eigenvalue weighted by atomic mass is 10.2. The van der Waals surface area contributed by atoms with Crippen LogP contribution in [0.2, 0.25) is 5.02 Å². The van der Waals surface area contributed by atoms with E-state index in [1.807, 2.05) is 0 Å². The van der Waals surface area contributed by atoms with Crippen molar-refractivity contribution >= 4 is 27.6 Å². The smallest absolute Gasteiger partial charge is 0.340 e. The molecular formula is C9H9ClFNO4S. The Morgan fingerprint density at radius 3 is 2.59 bits per heavy atom. The van der Waals surface area contributed by atoms with Crippen LogP contribution >= 0.6 is 11.6 Å². The van der Waals surface area contributed by atoms with Gasteiger partial charge in [-0.1, -0.05) is 18.5 Å². The molecule has 0 aliphatic carbocycles. The number of carbonyl (C=O) groups is 1. The van der Waals surface area contributed by atoms with Gasteiger partial charge in [0.15, 0.2) is 5.82 Å². The van der Waals surface area contributed by atoms with Crippen LogP contribution in [-0.2, 0) is 10.0 Å². The summed E-state index contributed by atoms with van der Waals surface area (Å²) in [5.41, 5.74) is -0.856. The Bertz CT molecular complexity index is 558. The minimum atomic E-state index is -4.06. The maximum Gasteiger partial charge on any atom is 0.340 e. The summed E-state index contributed by atoms with van der Waals surface area (Å²) in [7, 11) is -4.06. The average Bonchev–Trinajstić information content (AvgIpc) is 2.15. The zero-order chi connectivity index (χ0) is 13.2. The lowest BCUT2D eigenvalue weighted by Gasteiger charge is -2.08. The van der Waals surface area contributed by atoms with E-state index in [1.165, 1.54) is 6.92 Å². The van der Waals surface area contributed by atoms with Crippen molar-refractivity contribution in [3.63, 3.8) is 0 Å². The van der Waals surface area contributed by atoms with Crippen LogP contribution in [-0.4, -0.2) is 26.0 Å². The van der Waals surface area contributed by atoms with Crippen LogP contribution in [0.3, 0.4) is 0 Å². The maximum absolute atomic E-state index is 13.7. The fraction of sp³-hybridized carbons (Fsp3) is 0.222. The Hall–Kier alpha value is -1.18. The molecule has 0 amide bonds. The predicted octanol–water partition coefficient (Wildman–Crippen LogP) is 1.48. The molecule has 0 aliphatic heterocycles. The molecule has 0 aromatic heterocycles. The zero-order valence-corrected chi connectivity index (χ0v) is 10.3. The molecule has 8 heteroatoms. The van der Waals surface area contributed by atoms with Gasteiger partial charge in [0, 0.05) is 6.54 Å². The zero-order valence-electron chi connectivity index (χ0n) is 8.70. The van der Waals surface area contributed by atoms with Gasteiger partial charge in [-0.25, -0.2) is 22.3 Å². The standard InChI is InChI=1S/C9H9ClFNO4S/c1-2-12-17(15,16)6-4-3-5(10)7(8(6)11)9(13)14/h3-4,12H,2H2,1H3,(H,13,14). The Morgan fingerprint density at radius 1 is 1.53 bits per heavy atom. The quantitative estimate of drug-likeness (QED) is 0.875. The molecule has 1 aromatic rings. The monoisotopic (exact) mass is 281 g/mol. The van der Waals surface area contributed by atoms with E-state index in [-0.39, 0.29) is 11.6 Å². The number of hydrogen-bond acceptors (Lipinski definition) is 3. The molecule has 0 saturated heterocycles. The number of halogens is 2. The Labute approximate surface area is 102 Å². The summed E-state index contributed by atoms with van der Waals surface area (Å²) >= 11 is 5.49. The van der Waals surface area contributed by atoms with Crippen LogP contribution in [0.25, 0.3) is 0 Å². The van der Waals surface area contributed by atoms with Crippen LogP contribution in [0.4, 0.5) is 4.39 Å². The van der Waals surface area contributed by atoms with Crippen molar-refractivity contribution in [2.75, 3.05) is 6.54 Å². The molecule has 0 radical (unpaired) electrons. The van der Waals surface area contributed by atoms with Crippen molar-refractivity contribution in [3.8, 4) is 0 Å². The van der Waals surface area contributed by atoms with Crippen molar-refractivity contribution in [1.29, 1.82) is 0 Å². The summed E-state index contributed by atoms with van der Waals surface area (Å²) in [4.78, 5) is 10.0. The number of carboxylic acid groups (broad SMARTS) is 1. The molecule has 1 rings (SSSR count). The molecular weight excluding hydrogens is 273 g/mol. The highest BCUT2D eigenvalue weighted by molar-refractivity contribution is 7.89. The summed E-state index contributed by atoms with van der Waals surface area (Å²) in [6.07, 6.45) is 0. The third-order valence-electron chi connectivity index (χ3n) is 1.89. The Balaban J connectivity index is 3.49. The number of nitrogens with one attached hydrogen (secondary N) is 1. The molecule has 0 bridgehead atoms. The lowest BCUT2D eigenvalue weighted by molar-refractivity contribution is 0.0691. The van der Waals surface area contributed by atoms with Gasteiger partial charge in [-0.05, 0) is 12.1 Å². The molecule has 94 valence electrons. The lowest BCUT2D eigenvalue weighted by Crippen LogP contribution is -2.25. The summed E-state index contributed by atoms with van der Waals surface area (Å²) in [6.45, 7) is 1.58. The summed E-state index contributed by atoms with van der Waals surface area (Å²) in [6, 6.07) is 1.94. The first-order valence-electron chi connectivity index (χ1n) is 4.52. The van der Waals surface area contributed by atoms with Crippen LogP contribution in [0.1, 0.15) is 17.3 Å². The van der Waals surface area contributed by atoms with E-state index in [2.05, 4.69) is 4.72 Å². The minimum Gasteiger partial charge on any atom is -0.478 e. The fourth-order valence-electron chi connectivity index (χ4n) is 1.20. The highest BCUT2D eigenvalue weighted by atomic mass is 35.5. The first-order chi connectivity index (χ1) is 7.81. The second-order valence-electron chi connectivity index (χ2n) is 3.04. The summed E-state index contributed by atoms with van der Waals surface area (Å²) in [5, 5.41) is 8.37. The van der Waals surface area contributed by atoms with E-state index in [1.54, 1.807) is 0 Å². The van der Waals surface area contributed by atoms with E-state index in [9.17, 15) is 17.6 Å². The average molecular weight is 282 g/mol. The van der Waals surface area contributed by atoms with Gasteiger partial charge < -0.3 is 5.11 Å². The van der Waals surface area contributed by atoms with Crippen molar-refractivity contribution < 1.29 is 22.7 Å². The van der Waals surface area contributed by atoms with E-state index in [4.69, 9.17) is 16.7 Å². The first kappa shape index (κ1) is 13.9. The van der Waals surface area contributed by atoms with Gasteiger partial charge >= 0.3 is 5.97 Å². The number of sulfonamides is 1. The number of aromatic carboxylic acids is 1. The minimum absolute atomic E-state index is 0.0623. The molecule has 0 aliphatic rings. The third kappa shape index (κ3) is 2.74. The summed E-state index contributed by atoms with van der Waals surface area (Å²) < 4.78 is 38.9. The molecule has 0 spiro atoms. The van der Waals surface area contributed by atoms with Gasteiger partial charge in [0.25, 0.3) is 0 Å². The molecule has 1 aromatic carbocycles. The van der Waals surface area contributed by atoms with E-state index in [0.717, 1.165) is 12.1 Å². The van der Waals surface area contributed by atoms with Crippen LogP contribution in [0.5, 0.6) is 0 Å². The number of carboxylic acids is 1. The molecule has 0 atom stereocenters.